The Labute approximate surface area is 158 Å². The van der Waals surface area contributed by atoms with Gasteiger partial charge in [0.2, 0.25) is 5.91 Å². The molecule has 2 heterocycles. The van der Waals surface area contributed by atoms with Gasteiger partial charge >= 0.3 is 6.01 Å². The molecule has 0 bridgehead atoms. The highest BCUT2D eigenvalue weighted by Crippen LogP contribution is 2.27. The lowest BCUT2D eigenvalue weighted by Gasteiger charge is -2.35. The second-order valence-electron chi connectivity index (χ2n) is 6.99. The standard InChI is InChI=1S/C20H24FN3O3/c1-13(2)24-11-14(4-5-19(24)25)12-27-18-7-15(6-17(21)8-18)16-9-22-20(26-3)23-10-16/h6-10,13-14H,4-5,11-12H2,1-3H3. The number of aromatic nitrogens is 2. The van der Waals surface area contributed by atoms with Gasteiger partial charge in [-0.3, -0.25) is 4.79 Å². The van der Waals surface area contributed by atoms with Gasteiger partial charge in [-0.2, -0.15) is 0 Å². The fourth-order valence-electron chi connectivity index (χ4n) is 3.17. The third kappa shape index (κ3) is 4.72. The molecule has 1 amide bonds. The Bertz CT molecular complexity index is 796. The molecule has 1 atom stereocenters. The van der Waals surface area contributed by atoms with Crippen molar-refractivity contribution < 1.29 is 18.7 Å². The van der Waals surface area contributed by atoms with Crippen molar-refractivity contribution in [2.75, 3.05) is 20.3 Å². The molecule has 1 aliphatic heterocycles. The predicted octanol–water partition coefficient (Wildman–Crippen LogP) is 3.32. The van der Waals surface area contributed by atoms with Crippen LogP contribution in [-0.2, 0) is 4.79 Å². The minimum absolute atomic E-state index is 0.177. The van der Waals surface area contributed by atoms with Gasteiger partial charge in [-0.05, 0) is 38.0 Å². The first-order valence-corrected chi connectivity index (χ1v) is 9.05. The third-order valence-electron chi connectivity index (χ3n) is 4.67. The topological polar surface area (TPSA) is 64.6 Å². The molecule has 1 saturated heterocycles. The molecule has 6 nitrogen and oxygen atoms in total. The summed E-state index contributed by atoms with van der Waals surface area (Å²) in [5, 5.41) is 0. The number of nitrogens with zero attached hydrogens (tertiary/aromatic N) is 3. The second kappa shape index (κ2) is 8.33. The Kier molecular flexibility index (Phi) is 5.88. The zero-order valence-electron chi connectivity index (χ0n) is 15.8. The lowest BCUT2D eigenvalue weighted by molar-refractivity contribution is -0.137. The van der Waals surface area contributed by atoms with E-state index in [1.165, 1.54) is 19.2 Å². The van der Waals surface area contributed by atoms with Gasteiger partial charge in [-0.25, -0.2) is 14.4 Å². The van der Waals surface area contributed by atoms with Crippen molar-refractivity contribution in [2.45, 2.75) is 32.7 Å². The maximum absolute atomic E-state index is 14.0. The molecule has 0 spiro atoms. The van der Waals surface area contributed by atoms with Gasteiger partial charge in [0.05, 0.1) is 13.7 Å². The van der Waals surface area contributed by atoms with Gasteiger partial charge in [0.1, 0.15) is 11.6 Å². The van der Waals surface area contributed by atoms with Crippen molar-refractivity contribution in [3.63, 3.8) is 0 Å². The maximum Gasteiger partial charge on any atom is 0.316 e. The average molecular weight is 373 g/mol. The van der Waals surface area contributed by atoms with E-state index < -0.39 is 0 Å². The first-order chi connectivity index (χ1) is 13.0. The predicted molar refractivity (Wildman–Crippen MR) is 99.0 cm³/mol. The van der Waals surface area contributed by atoms with E-state index in [2.05, 4.69) is 9.97 Å². The van der Waals surface area contributed by atoms with E-state index in [-0.39, 0.29) is 29.7 Å². The number of carbonyl (C=O) groups is 1. The number of methoxy groups -OCH3 is 1. The van der Waals surface area contributed by atoms with Crippen LogP contribution in [0.3, 0.4) is 0 Å². The average Bonchev–Trinajstić information content (AvgIpc) is 2.66. The van der Waals surface area contributed by atoms with Gasteiger partial charge in [0, 0.05) is 48.9 Å². The van der Waals surface area contributed by atoms with Gasteiger partial charge in [-0.15, -0.1) is 0 Å². The fraction of sp³-hybridized carbons (Fsp3) is 0.450. The summed E-state index contributed by atoms with van der Waals surface area (Å²) in [6.07, 6.45) is 4.48. The first kappa shape index (κ1) is 19.1. The summed E-state index contributed by atoms with van der Waals surface area (Å²) >= 11 is 0. The molecule has 1 aromatic heterocycles. The fourth-order valence-corrected chi connectivity index (χ4v) is 3.17. The zero-order chi connectivity index (χ0) is 19.4. The van der Waals surface area contributed by atoms with E-state index in [9.17, 15) is 9.18 Å². The van der Waals surface area contributed by atoms with E-state index in [0.717, 1.165) is 6.42 Å². The molecule has 3 rings (SSSR count). The van der Waals surface area contributed by atoms with Crippen molar-refractivity contribution in [1.82, 2.24) is 14.9 Å². The van der Waals surface area contributed by atoms with Gasteiger partial charge in [-0.1, -0.05) is 0 Å². The molecule has 1 aliphatic rings. The molecule has 0 radical (unpaired) electrons. The molecule has 1 aromatic carbocycles. The SMILES string of the molecule is COc1ncc(-c2cc(F)cc(OCC3CCC(=O)N(C(C)C)C3)c2)cn1. The summed E-state index contributed by atoms with van der Waals surface area (Å²) in [5.41, 5.74) is 1.31. The number of likely N-dealkylation sites (tertiary alicyclic amines) is 1. The van der Waals surface area contributed by atoms with Crippen LogP contribution in [0.25, 0.3) is 11.1 Å². The number of piperidine rings is 1. The highest BCUT2D eigenvalue weighted by atomic mass is 19.1. The molecular weight excluding hydrogens is 349 g/mol. The first-order valence-electron chi connectivity index (χ1n) is 9.05. The van der Waals surface area contributed by atoms with Crippen molar-refractivity contribution in [2.24, 2.45) is 5.92 Å². The number of halogens is 1. The van der Waals surface area contributed by atoms with Crippen LogP contribution in [0.4, 0.5) is 4.39 Å². The quantitative estimate of drug-likeness (QED) is 0.777. The van der Waals surface area contributed by atoms with Crippen molar-refractivity contribution in [3.8, 4) is 22.9 Å². The molecule has 1 fully saturated rings. The smallest absolute Gasteiger partial charge is 0.316 e. The number of amides is 1. The number of ether oxygens (including phenoxy) is 2. The Morgan fingerprint density at radius 1 is 1.22 bits per heavy atom. The van der Waals surface area contributed by atoms with Crippen LogP contribution >= 0.6 is 0 Å². The monoisotopic (exact) mass is 373 g/mol. The van der Waals surface area contributed by atoms with E-state index in [0.29, 0.717) is 36.4 Å². The van der Waals surface area contributed by atoms with Crippen LogP contribution in [0.2, 0.25) is 0 Å². The largest absolute Gasteiger partial charge is 0.493 e. The Morgan fingerprint density at radius 2 is 1.96 bits per heavy atom. The molecule has 0 aliphatic carbocycles. The number of benzene rings is 1. The minimum Gasteiger partial charge on any atom is -0.493 e. The highest BCUT2D eigenvalue weighted by Gasteiger charge is 2.27. The van der Waals surface area contributed by atoms with Crippen LogP contribution in [0.5, 0.6) is 11.8 Å². The lowest BCUT2D eigenvalue weighted by atomic mass is 9.97. The minimum atomic E-state index is -0.388. The normalized spacial score (nSPS) is 17.3. The summed E-state index contributed by atoms with van der Waals surface area (Å²) in [7, 11) is 1.49. The van der Waals surface area contributed by atoms with Crippen LogP contribution in [0.15, 0.2) is 30.6 Å². The van der Waals surface area contributed by atoms with Gasteiger partial charge in [0.15, 0.2) is 0 Å². The molecule has 1 unspecified atom stereocenters. The zero-order valence-corrected chi connectivity index (χ0v) is 15.8. The third-order valence-corrected chi connectivity index (χ3v) is 4.67. The lowest BCUT2D eigenvalue weighted by Crippen LogP contribution is -2.45. The summed E-state index contributed by atoms with van der Waals surface area (Å²) < 4.78 is 24.8. The molecule has 0 saturated carbocycles. The van der Waals surface area contributed by atoms with E-state index in [1.807, 2.05) is 18.7 Å². The number of carbonyl (C=O) groups excluding carboxylic acids is 1. The summed E-state index contributed by atoms with van der Waals surface area (Å²) in [5.74, 6) is 0.490. The number of hydrogen-bond donors (Lipinski definition) is 0. The van der Waals surface area contributed by atoms with Crippen LogP contribution in [0, 0.1) is 11.7 Å². The molecule has 2 aromatic rings. The van der Waals surface area contributed by atoms with Gasteiger partial charge < -0.3 is 14.4 Å². The summed E-state index contributed by atoms with van der Waals surface area (Å²) in [6.45, 7) is 5.14. The molecule has 144 valence electrons. The van der Waals surface area contributed by atoms with Crippen molar-refractivity contribution in [1.29, 1.82) is 0 Å². The van der Waals surface area contributed by atoms with E-state index >= 15 is 0 Å². The van der Waals surface area contributed by atoms with Crippen LogP contribution in [-0.4, -0.2) is 47.1 Å². The van der Waals surface area contributed by atoms with Crippen molar-refractivity contribution in [3.05, 3.63) is 36.4 Å². The second-order valence-corrected chi connectivity index (χ2v) is 6.99. The summed E-state index contributed by atoms with van der Waals surface area (Å²) in [4.78, 5) is 21.9. The van der Waals surface area contributed by atoms with Crippen LogP contribution < -0.4 is 9.47 Å². The van der Waals surface area contributed by atoms with E-state index in [4.69, 9.17) is 9.47 Å². The molecule has 0 N–H and O–H groups in total. The molecule has 27 heavy (non-hydrogen) atoms. The van der Waals surface area contributed by atoms with Gasteiger partial charge in [0.25, 0.3) is 0 Å². The molecule has 7 heteroatoms. The van der Waals surface area contributed by atoms with E-state index in [1.54, 1.807) is 18.5 Å². The highest BCUT2D eigenvalue weighted by molar-refractivity contribution is 5.77. The van der Waals surface area contributed by atoms with Crippen LogP contribution in [0.1, 0.15) is 26.7 Å². The Morgan fingerprint density at radius 3 is 2.63 bits per heavy atom. The molecular formula is C20H24FN3O3. The maximum atomic E-state index is 14.0. The number of hydrogen-bond acceptors (Lipinski definition) is 5. The summed E-state index contributed by atoms with van der Waals surface area (Å²) in [6, 6.07) is 4.98. The number of rotatable bonds is 6. The Balaban J connectivity index is 1.68. The van der Waals surface area contributed by atoms with Crippen molar-refractivity contribution >= 4 is 5.91 Å². The Hall–Kier alpha value is -2.70.